The van der Waals surface area contributed by atoms with E-state index in [9.17, 15) is 9.59 Å². The Labute approximate surface area is 180 Å². The van der Waals surface area contributed by atoms with Gasteiger partial charge in [-0.25, -0.2) is 4.79 Å². The first-order valence-electron chi connectivity index (χ1n) is 10.9. The van der Waals surface area contributed by atoms with Crippen LogP contribution in [0.3, 0.4) is 0 Å². The Hall–Kier alpha value is -2.50. The van der Waals surface area contributed by atoms with E-state index in [-0.39, 0.29) is 17.9 Å². The molecule has 0 fully saturated rings. The van der Waals surface area contributed by atoms with Crippen LogP contribution in [0.25, 0.3) is 0 Å². The zero-order chi connectivity index (χ0) is 22.1. The summed E-state index contributed by atoms with van der Waals surface area (Å²) >= 11 is 0. The summed E-state index contributed by atoms with van der Waals surface area (Å²) < 4.78 is 5.17. The van der Waals surface area contributed by atoms with Crippen molar-refractivity contribution in [2.45, 2.75) is 47.1 Å². The Bertz CT molecular complexity index is 728. The molecule has 6 heteroatoms. The Kier molecular flexibility index (Phi) is 9.21. The number of ether oxygens (including phenoxy) is 1. The van der Waals surface area contributed by atoms with Crippen LogP contribution in [0.4, 0.5) is 4.79 Å². The molecule has 2 rings (SSSR count). The summed E-state index contributed by atoms with van der Waals surface area (Å²) in [6.07, 6.45) is 3.73. The van der Waals surface area contributed by atoms with Gasteiger partial charge in [-0.15, -0.1) is 0 Å². The van der Waals surface area contributed by atoms with Crippen LogP contribution in [0, 0.1) is 23.7 Å². The molecular weight excluding hydrogens is 378 g/mol. The first-order chi connectivity index (χ1) is 14.3. The molecule has 1 aliphatic rings. The van der Waals surface area contributed by atoms with Crippen LogP contribution in [0.2, 0.25) is 0 Å². The molecule has 0 saturated carbocycles. The molecule has 3 N–H and O–H groups in total. The number of carbonyl (C=O) groups excluding carboxylic acids is 2. The van der Waals surface area contributed by atoms with E-state index in [1.54, 1.807) is 7.11 Å². The maximum atomic E-state index is 12.6. The molecule has 0 bridgehead atoms. The SMILES string of the molecule is CCNC(=O)NCC1C=C(C)C(CC(=O)NCc2ccc(OC)cc2)CC1C(C)C. The Morgan fingerprint density at radius 1 is 1.13 bits per heavy atom. The molecule has 0 aliphatic heterocycles. The quantitative estimate of drug-likeness (QED) is 0.536. The second kappa shape index (κ2) is 11.6. The molecule has 30 heavy (non-hydrogen) atoms. The lowest BCUT2D eigenvalue weighted by Gasteiger charge is -2.37. The normalized spacial score (nSPS) is 21.0. The van der Waals surface area contributed by atoms with Crippen molar-refractivity contribution in [2.24, 2.45) is 23.7 Å². The molecule has 0 saturated heterocycles. The number of rotatable bonds is 9. The third-order valence-corrected chi connectivity index (χ3v) is 6.00. The number of methoxy groups -OCH3 is 1. The first kappa shape index (κ1) is 23.8. The summed E-state index contributed by atoms with van der Waals surface area (Å²) in [4.78, 5) is 24.3. The van der Waals surface area contributed by atoms with Crippen molar-refractivity contribution in [2.75, 3.05) is 20.2 Å². The molecule has 3 amide bonds. The zero-order valence-corrected chi connectivity index (χ0v) is 19.0. The molecule has 3 unspecified atom stereocenters. The topological polar surface area (TPSA) is 79.5 Å². The van der Waals surface area contributed by atoms with Crippen LogP contribution in [0.5, 0.6) is 5.75 Å². The van der Waals surface area contributed by atoms with Gasteiger partial charge in [0.2, 0.25) is 5.91 Å². The largest absolute Gasteiger partial charge is 0.497 e. The minimum absolute atomic E-state index is 0.0740. The Morgan fingerprint density at radius 2 is 1.83 bits per heavy atom. The summed E-state index contributed by atoms with van der Waals surface area (Å²) in [5.41, 5.74) is 2.30. The fourth-order valence-corrected chi connectivity index (χ4v) is 4.18. The number of benzene rings is 1. The summed E-state index contributed by atoms with van der Waals surface area (Å²) in [6, 6.07) is 7.61. The maximum absolute atomic E-state index is 12.6. The maximum Gasteiger partial charge on any atom is 0.314 e. The molecule has 166 valence electrons. The van der Waals surface area contributed by atoms with Crippen molar-refractivity contribution in [1.29, 1.82) is 0 Å². The minimum atomic E-state index is -0.119. The van der Waals surface area contributed by atoms with Crippen LogP contribution in [0.15, 0.2) is 35.9 Å². The number of carbonyl (C=O) groups is 2. The lowest BCUT2D eigenvalue weighted by atomic mass is 9.70. The van der Waals surface area contributed by atoms with E-state index < -0.39 is 0 Å². The standard InChI is InChI=1S/C24H37N3O3/c1-6-25-24(29)27-15-20-11-17(4)19(12-22(20)16(2)3)13-23(28)26-14-18-7-9-21(30-5)10-8-18/h7-11,16,19-20,22H,6,12-15H2,1-5H3,(H,26,28)(H2,25,27,29). The van der Waals surface area contributed by atoms with Crippen molar-refractivity contribution in [3.63, 3.8) is 0 Å². The van der Waals surface area contributed by atoms with E-state index in [0.717, 1.165) is 17.7 Å². The second-order valence-electron chi connectivity index (χ2n) is 8.48. The number of amides is 3. The molecule has 1 aliphatic carbocycles. The van der Waals surface area contributed by atoms with Gasteiger partial charge >= 0.3 is 6.03 Å². The molecule has 0 spiro atoms. The Balaban J connectivity index is 1.92. The highest BCUT2D eigenvalue weighted by Crippen LogP contribution is 2.38. The molecular formula is C24H37N3O3. The summed E-state index contributed by atoms with van der Waals surface area (Å²) in [5, 5.41) is 8.80. The van der Waals surface area contributed by atoms with Crippen LogP contribution < -0.4 is 20.7 Å². The summed E-state index contributed by atoms with van der Waals surface area (Å²) in [7, 11) is 1.64. The van der Waals surface area contributed by atoms with E-state index in [0.29, 0.717) is 43.8 Å². The molecule has 1 aromatic rings. The monoisotopic (exact) mass is 415 g/mol. The molecule has 3 atom stereocenters. The van der Waals surface area contributed by atoms with Crippen molar-refractivity contribution in [1.82, 2.24) is 16.0 Å². The van der Waals surface area contributed by atoms with E-state index in [4.69, 9.17) is 4.74 Å². The smallest absolute Gasteiger partial charge is 0.314 e. The molecule has 0 heterocycles. The predicted octanol–water partition coefficient (Wildman–Crippen LogP) is 3.88. The van der Waals surface area contributed by atoms with Gasteiger partial charge in [0.15, 0.2) is 0 Å². The van der Waals surface area contributed by atoms with Gasteiger partial charge in [0.05, 0.1) is 7.11 Å². The molecule has 0 aromatic heterocycles. The van der Waals surface area contributed by atoms with Crippen LogP contribution in [0.1, 0.15) is 46.1 Å². The fourth-order valence-electron chi connectivity index (χ4n) is 4.18. The molecule has 0 radical (unpaired) electrons. The van der Waals surface area contributed by atoms with Gasteiger partial charge < -0.3 is 20.7 Å². The number of hydrogen-bond acceptors (Lipinski definition) is 3. The third kappa shape index (κ3) is 7.08. The third-order valence-electron chi connectivity index (χ3n) is 6.00. The number of hydrogen-bond donors (Lipinski definition) is 3. The highest BCUT2D eigenvalue weighted by Gasteiger charge is 2.32. The highest BCUT2D eigenvalue weighted by atomic mass is 16.5. The number of allylic oxidation sites excluding steroid dienone is 1. The van der Waals surface area contributed by atoms with Crippen molar-refractivity contribution in [3.8, 4) is 5.75 Å². The molecule has 1 aromatic carbocycles. The fraction of sp³-hybridized carbons (Fsp3) is 0.583. The van der Waals surface area contributed by atoms with Crippen LogP contribution in [-0.4, -0.2) is 32.1 Å². The van der Waals surface area contributed by atoms with Crippen molar-refractivity contribution >= 4 is 11.9 Å². The van der Waals surface area contributed by atoms with E-state index in [2.05, 4.69) is 42.8 Å². The summed E-state index contributed by atoms with van der Waals surface area (Å²) in [5.74, 6) is 2.35. The van der Waals surface area contributed by atoms with Crippen LogP contribution >= 0.6 is 0 Å². The van der Waals surface area contributed by atoms with Gasteiger partial charge in [-0.2, -0.15) is 0 Å². The zero-order valence-electron chi connectivity index (χ0n) is 19.0. The van der Waals surface area contributed by atoms with E-state index in [1.807, 2.05) is 31.2 Å². The lowest BCUT2D eigenvalue weighted by molar-refractivity contribution is -0.122. The van der Waals surface area contributed by atoms with E-state index in [1.165, 1.54) is 5.57 Å². The average Bonchev–Trinajstić information content (AvgIpc) is 2.72. The van der Waals surface area contributed by atoms with E-state index >= 15 is 0 Å². The van der Waals surface area contributed by atoms with Gasteiger partial charge in [-0.1, -0.05) is 37.6 Å². The van der Waals surface area contributed by atoms with Gasteiger partial charge in [0.1, 0.15) is 5.75 Å². The number of nitrogens with one attached hydrogen (secondary N) is 3. The Morgan fingerprint density at radius 3 is 2.43 bits per heavy atom. The lowest BCUT2D eigenvalue weighted by Crippen LogP contribution is -2.41. The van der Waals surface area contributed by atoms with Gasteiger partial charge in [-0.05, 0) is 61.6 Å². The predicted molar refractivity (Wildman–Crippen MR) is 120 cm³/mol. The minimum Gasteiger partial charge on any atom is -0.497 e. The highest BCUT2D eigenvalue weighted by molar-refractivity contribution is 5.76. The van der Waals surface area contributed by atoms with Gasteiger partial charge in [0.25, 0.3) is 0 Å². The van der Waals surface area contributed by atoms with Crippen molar-refractivity contribution < 1.29 is 14.3 Å². The van der Waals surface area contributed by atoms with Crippen molar-refractivity contribution in [3.05, 3.63) is 41.5 Å². The number of urea groups is 1. The van der Waals surface area contributed by atoms with Gasteiger partial charge in [-0.3, -0.25) is 4.79 Å². The van der Waals surface area contributed by atoms with Crippen LogP contribution in [-0.2, 0) is 11.3 Å². The summed E-state index contributed by atoms with van der Waals surface area (Å²) in [6.45, 7) is 10.2. The second-order valence-corrected chi connectivity index (χ2v) is 8.48. The first-order valence-corrected chi connectivity index (χ1v) is 10.9. The molecule has 6 nitrogen and oxygen atoms in total. The average molecular weight is 416 g/mol. The van der Waals surface area contributed by atoms with Gasteiger partial charge in [0, 0.05) is 26.1 Å².